The summed E-state index contributed by atoms with van der Waals surface area (Å²) in [5.41, 5.74) is 2.72. The van der Waals surface area contributed by atoms with Gasteiger partial charge < -0.3 is 20.3 Å². The van der Waals surface area contributed by atoms with Crippen LogP contribution in [-0.2, 0) is 22.4 Å². The van der Waals surface area contributed by atoms with Crippen molar-refractivity contribution in [2.24, 2.45) is 0 Å². The normalized spacial score (nSPS) is 17.0. The highest BCUT2D eigenvalue weighted by atomic mass is 32.1. The van der Waals surface area contributed by atoms with Gasteiger partial charge in [0.05, 0.1) is 23.9 Å². The van der Waals surface area contributed by atoms with Gasteiger partial charge in [0.2, 0.25) is 5.91 Å². The maximum Gasteiger partial charge on any atom is 0.322 e. The molecule has 0 fully saturated rings. The van der Waals surface area contributed by atoms with E-state index >= 15 is 0 Å². The van der Waals surface area contributed by atoms with Crippen molar-refractivity contribution in [3.05, 3.63) is 130 Å². The topological polar surface area (TPSA) is 91.0 Å². The van der Waals surface area contributed by atoms with Gasteiger partial charge in [0.1, 0.15) is 17.5 Å². The van der Waals surface area contributed by atoms with Gasteiger partial charge in [-0.05, 0) is 53.3 Å². The second kappa shape index (κ2) is 12.5. The molecule has 2 atom stereocenters. The summed E-state index contributed by atoms with van der Waals surface area (Å²) in [7, 11) is 1.65. The lowest BCUT2D eigenvalue weighted by Crippen LogP contribution is -2.50. The molecule has 218 valence electrons. The van der Waals surface area contributed by atoms with E-state index in [-0.39, 0.29) is 24.4 Å². The fourth-order valence-corrected chi connectivity index (χ4v) is 6.24. The van der Waals surface area contributed by atoms with E-state index in [1.165, 1.54) is 9.78 Å². The average Bonchev–Trinajstić information content (AvgIpc) is 3.67. The molecule has 2 aliphatic heterocycles. The van der Waals surface area contributed by atoms with Crippen LogP contribution in [0.25, 0.3) is 0 Å². The standard InChI is InChI=1S/C34H32N4O4S/c1-37-29-22-38(28(20-23-10-4-2-5-11-23)32(39)35-18-17-27-16-9-19-43-27)33(40)30(29)31(36-34(37)41)24-12-8-15-26(21-24)42-25-13-6-3-7-14-25/h2-16,19,21,28,31H,17-18,20,22H2,1H3,(H,35,39)(H,36,41)/t28-,31-/m1/s1. The molecule has 0 spiro atoms. The van der Waals surface area contributed by atoms with Gasteiger partial charge in [0, 0.05) is 24.9 Å². The molecule has 3 aromatic carbocycles. The maximum atomic E-state index is 14.2. The Morgan fingerprint density at radius 2 is 1.72 bits per heavy atom. The minimum Gasteiger partial charge on any atom is -0.457 e. The molecular weight excluding hydrogens is 560 g/mol. The molecule has 9 heteroatoms. The second-order valence-corrected chi connectivity index (χ2v) is 11.6. The Morgan fingerprint density at radius 3 is 2.47 bits per heavy atom. The number of hydrogen-bond donors (Lipinski definition) is 2. The molecule has 2 aliphatic rings. The van der Waals surface area contributed by atoms with Crippen LogP contribution in [0.1, 0.15) is 22.0 Å². The molecule has 43 heavy (non-hydrogen) atoms. The van der Waals surface area contributed by atoms with Crippen molar-refractivity contribution in [2.45, 2.75) is 24.9 Å². The van der Waals surface area contributed by atoms with Gasteiger partial charge in [-0.15, -0.1) is 11.3 Å². The molecule has 1 aromatic heterocycles. The number of ether oxygens (including phenoxy) is 1. The lowest BCUT2D eigenvalue weighted by molar-refractivity contribution is -0.136. The van der Waals surface area contributed by atoms with E-state index in [1.807, 2.05) is 102 Å². The Hall–Kier alpha value is -4.89. The van der Waals surface area contributed by atoms with Crippen LogP contribution < -0.4 is 15.4 Å². The molecule has 2 N–H and O–H groups in total. The fourth-order valence-electron chi connectivity index (χ4n) is 5.54. The number of rotatable bonds is 10. The molecule has 0 aliphatic carbocycles. The molecule has 0 saturated carbocycles. The van der Waals surface area contributed by atoms with Crippen molar-refractivity contribution in [1.82, 2.24) is 20.4 Å². The number of carbonyl (C=O) groups excluding carboxylic acids is 3. The van der Waals surface area contributed by atoms with Crippen LogP contribution >= 0.6 is 11.3 Å². The van der Waals surface area contributed by atoms with Crippen LogP contribution in [-0.4, -0.2) is 53.8 Å². The summed E-state index contributed by atoms with van der Waals surface area (Å²) < 4.78 is 6.03. The molecule has 8 nitrogen and oxygen atoms in total. The molecule has 0 saturated heterocycles. The Morgan fingerprint density at radius 1 is 0.977 bits per heavy atom. The van der Waals surface area contributed by atoms with Crippen LogP contribution in [0, 0.1) is 0 Å². The summed E-state index contributed by atoms with van der Waals surface area (Å²) in [4.78, 5) is 45.3. The summed E-state index contributed by atoms with van der Waals surface area (Å²) >= 11 is 1.65. The molecule has 6 rings (SSSR count). The number of benzene rings is 3. The number of likely N-dealkylation sites (N-methyl/N-ethyl adjacent to an activating group) is 1. The molecule has 0 radical (unpaired) electrons. The molecule has 4 aromatic rings. The van der Waals surface area contributed by atoms with Gasteiger partial charge in [0.25, 0.3) is 5.91 Å². The first kappa shape index (κ1) is 28.2. The average molecular weight is 593 g/mol. The van der Waals surface area contributed by atoms with E-state index < -0.39 is 12.1 Å². The number of thiophene rings is 1. The first-order valence-corrected chi connectivity index (χ1v) is 15.1. The highest BCUT2D eigenvalue weighted by Crippen LogP contribution is 2.38. The number of nitrogens with one attached hydrogen (secondary N) is 2. The van der Waals surface area contributed by atoms with Crippen molar-refractivity contribution < 1.29 is 19.1 Å². The molecule has 0 unspecified atom stereocenters. The van der Waals surface area contributed by atoms with Crippen molar-refractivity contribution in [1.29, 1.82) is 0 Å². The predicted octanol–water partition coefficient (Wildman–Crippen LogP) is 5.30. The van der Waals surface area contributed by atoms with Gasteiger partial charge >= 0.3 is 6.03 Å². The van der Waals surface area contributed by atoms with Crippen molar-refractivity contribution in [2.75, 3.05) is 20.1 Å². The highest BCUT2D eigenvalue weighted by molar-refractivity contribution is 7.09. The third-order valence-corrected chi connectivity index (χ3v) is 8.70. The summed E-state index contributed by atoms with van der Waals surface area (Å²) in [6.45, 7) is 0.626. The number of nitrogens with zero attached hydrogens (tertiary/aromatic N) is 2. The van der Waals surface area contributed by atoms with E-state index in [2.05, 4.69) is 10.6 Å². The van der Waals surface area contributed by atoms with Gasteiger partial charge in [-0.2, -0.15) is 0 Å². The van der Waals surface area contributed by atoms with Gasteiger partial charge in [-0.1, -0.05) is 66.7 Å². The highest BCUT2D eigenvalue weighted by Gasteiger charge is 2.46. The quantitative estimate of drug-likeness (QED) is 0.261. The van der Waals surface area contributed by atoms with E-state index in [0.29, 0.717) is 35.7 Å². The van der Waals surface area contributed by atoms with Crippen LogP contribution in [0.2, 0.25) is 0 Å². The van der Waals surface area contributed by atoms with Crippen molar-refractivity contribution >= 4 is 29.2 Å². The van der Waals surface area contributed by atoms with Crippen LogP contribution in [0.15, 0.2) is 114 Å². The lowest BCUT2D eigenvalue weighted by atomic mass is 9.95. The number of para-hydroxylation sites is 1. The third kappa shape index (κ3) is 6.17. The van der Waals surface area contributed by atoms with Crippen LogP contribution in [0.4, 0.5) is 4.79 Å². The van der Waals surface area contributed by atoms with E-state index in [9.17, 15) is 14.4 Å². The summed E-state index contributed by atoms with van der Waals surface area (Å²) in [5, 5.41) is 8.06. The Bertz CT molecular complexity index is 1640. The smallest absolute Gasteiger partial charge is 0.322 e. The maximum absolute atomic E-state index is 14.2. The molecular formula is C34H32N4O4S. The zero-order chi connectivity index (χ0) is 29.8. The predicted molar refractivity (Wildman–Crippen MR) is 166 cm³/mol. The monoisotopic (exact) mass is 592 g/mol. The van der Waals surface area contributed by atoms with Crippen LogP contribution in [0.5, 0.6) is 11.5 Å². The Balaban J connectivity index is 1.27. The van der Waals surface area contributed by atoms with Gasteiger partial charge in [-0.3, -0.25) is 14.5 Å². The minimum atomic E-state index is -0.749. The molecule has 4 amide bonds. The second-order valence-electron chi connectivity index (χ2n) is 10.5. The van der Waals surface area contributed by atoms with Gasteiger partial charge in [-0.25, -0.2) is 4.79 Å². The summed E-state index contributed by atoms with van der Waals surface area (Å²) in [6, 6.07) is 28.8. The minimum absolute atomic E-state index is 0.157. The van der Waals surface area contributed by atoms with Crippen molar-refractivity contribution in [3.8, 4) is 11.5 Å². The Kier molecular flexibility index (Phi) is 8.24. The Labute approximate surface area is 254 Å². The first-order valence-electron chi connectivity index (χ1n) is 14.2. The molecule has 0 bridgehead atoms. The van der Waals surface area contributed by atoms with E-state index in [1.54, 1.807) is 23.3 Å². The number of urea groups is 1. The van der Waals surface area contributed by atoms with Crippen LogP contribution in [0.3, 0.4) is 0 Å². The van der Waals surface area contributed by atoms with Crippen molar-refractivity contribution in [3.63, 3.8) is 0 Å². The third-order valence-electron chi connectivity index (χ3n) is 7.76. The number of amides is 4. The SMILES string of the molecule is CN1C(=O)N[C@H](c2cccc(Oc3ccccc3)c2)C2=C1CN([C@H](Cc1ccccc1)C(=O)NCCc1cccs1)C2=O. The molecule has 3 heterocycles. The summed E-state index contributed by atoms with van der Waals surface area (Å²) in [5.74, 6) is 0.790. The number of hydrogen-bond acceptors (Lipinski definition) is 5. The zero-order valence-corrected chi connectivity index (χ0v) is 24.6. The first-order chi connectivity index (χ1) is 21.0. The zero-order valence-electron chi connectivity index (χ0n) is 23.7. The number of carbonyl (C=O) groups is 3. The fraction of sp³-hybridized carbons (Fsp3) is 0.206. The van der Waals surface area contributed by atoms with E-state index in [4.69, 9.17) is 4.74 Å². The lowest BCUT2D eigenvalue weighted by Gasteiger charge is -2.31. The summed E-state index contributed by atoms with van der Waals surface area (Å²) in [6.07, 6.45) is 1.07. The van der Waals surface area contributed by atoms with E-state index in [0.717, 1.165) is 17.5 Å². The largest absolute Gasteiger partial charge is 0.457 e. The van der Waals surface area contributed by atoms with Gasteiger partial charge in [0.15, 0.2) is 0 Å².